The summed E-state index contributed by atoms with van der Waals surface area (Å²) >= 11 is 5.90. The lowest BCUT2D eigenvalue weighted by Crippen LogP contribution is -2.42. The van der Waals surface area contributed by atoms with Crippen molar-refractivity contribution in [3.05, 3.63) is 77.1 Å². The molecule has 8 heteroatoms. The van der Waals surface area contributed by atoms with Crippen LogP contribution in [0.15, 0.2) is 60.8 Å². The normalized spacial score (nSPS) is 10.4. The van der Waals surface area contributed by atoms with E-state index < -0.39 is 5.91 Å². The van der Waals surface area contributed by atoms with Crippen LogP contribution in [0, 0.1) is 0 Å². The zero-order chi connectivity index (χ0) is 19.2. The van der Waals surface area contributed by atoms with Crippen molar-refractivity contribution in [2.45, 2.75) is 12.8 Å². The van der Waals surface area contributed by atoms with Gasteiger partial charge in [-0.15, -0.1) is 0 Å². The van der Waals surface area contributed by atoms with Crippen LogP contribution in [0.5, 0.6) is 5.75 Å². The minimum Gasteiger partial charge on any atom is -0.504 e. The number of hydrazine groups is 1. The summed E-state index contributed by atoms with van der Waals surface area (Å²) < 4.78 is 1.38. The number of hydrogen-bond donors (Lipinski definition) is 3. The van der Waals surface area contributed by atoms with Crippen LogP contribution in [0.2, 0.25) is 5.02 Å². The molecule has 0 radical (unpaired) electrons. The first kappa shape index (κ1) is 18.5. The van der Waals surface area contributed by atoms with Crippen LogP contribution in [0.1, 0.15) is 22.5 Å². The van der Waals surface area contributed by atoms with Gasteiger partial charge < -0.3 is 5.11 Å². The lowest BCUT2D eigenvalue weighted by atomic mass is 10.1. The molecule has 0 bridgehead atoms. The maximum Gasteiger partial charge on any atom is 0.294 e. The predicted octanol–water partition coefficient (Wildman–Crippen LogP) is 2.63. The average molecular weight is 385 g/mol. The number of rotatable bonds is 5. The highest BCUT2D eigenvalue weighted by Gasteiger charge is 2.17. The highest BCUT2D eigenvalue weighted by molar-refractivity contribution is 6.30. The number of hydrogen-bond acceptors (Lipinski definition) is 4. The Morgan fingerprint density at radius 3 is 2.59 bits per heavy atom. The second-order valence-corrected chi connectivity index (χ2v) is 6.21. The molecule has 0 saturated carbocycles. The Kier molecular flexibility index (Phi) is 5.73. The minimum atomic E-state index is -0.710. The number of aryl methyl sites for hydroxylation is 1. The monoisotopic (exact) mass is 384 g/mol. The van der Waals surface area contributed by atoms with E-state index in [1.54, 1.807) is 24.3 Å². The first-order valence-electron chi connectivity index (χ1n) is 8.20. The molecule has 0 fully saturated rings. The van der Waals surface area contributed by atoms with E-state index >= 15 is 0 Å². The van der Waals surface area contributed by atoms with Crippen molar-refractivity contribution in [2.75, 3.05) is 0 Å². The van der Waals surface area contributed by atoms with Crippen molar-refractivity contribution in [3.63, 3.8) is 0 Å². The van der Waals surface area contributed by atoms with E-state index in [1.165, 1.54) is 10.9 Å². The van der Waals surface area contributed by atoms with Gasteiger partial charge in [-0.25, -0.2) is 4.68 Å². The highest BCUT2D eigenvalue weighted by atomic mass is 35.5. The summed E-state index contributed by atoms with van der Waals surface area (Å²) in [4.78, 5) is 24.1. The molecule has 0 saturated heterocycles. The molecule has 2 aromatic carbocycles. The number of nitrogens with one attached hydrogen (secondary N) is 2. The zero-order valence-electron chi connectivity index (χ0n) is 14.2. The van der Waals surface area contributed by atoms with Crippen LogP contribution < -0.4 is 10.9 Å². The van der Waals surface area contributed by atoms with E-state index in [9.17, 15) is 14.7 Å². The Balaban J connectivity index is 1.54. The number of benzene rings is 2. The molecule has 7 nitrogen and oxygen atoms in total. The summed E-state index contributed by atoms with van der Waals surface area (Å²) in [5.74, 6) is -1.37. The van der Waals surface area contributed by atoms with Gasteiger partial charge in [-0.1, -0.05) is 41.9 Å². The summed E-state index contributed by atoms with van der Waals surface area (Å²) in [6, 6.07) is 16.3. The number of para-hydroxylation sites is 1. The summed E-state index contributed by atoms with van der Waals surface area (Å²) in [7, 11) is 0. The van der Waals surface area contributed by atoms with Crippen molar-refractivity contribution in [3.8, 4) is 11.4 Å². The quantitative estimate of drug-likeness (QED) is 0.589. The molecule has 1 aromatic heterocycles. The fourth-order valence-corrected chi connectivity index (χ4v) is 2.65. The first-order chi connectivity index (χ1) is 13.0. The summed E-state index contributed by atoms with van der Waals surface area (Å²) in [5.41, 5.74) is 5.99. The van der Waals surface area contributed by atoms with Gasteiger partial charge in [0.05, 0.1) is 11.9 Å². The number of carbonyl (C=O) groups excluding carboxylic acids is 2. The molecule has 0 aliphatic carbocycles. The topological polar surface area (TPSA) is 96.3 Å². The molecule has 3 N–H and O–H groups in total. The lowest BCUT2D eigenvalue weighted by Gasteiger charge is -2.06. The average Bonchev–Trinajstić information content (AvgIpc) is 3.07. The van der Waals surface area contributed by atoms with E-state index in [4.69, 9.17) is 11.6 Å². The molecule has 0 spiro atoms. The number of aromatic nitrogens is 2. The summed E-state index contributed by atoms with van der Waals surface area (Å²) in [6.45, 7) is 0. The van der Waals surface area contributed by atoms with Crippen molar-refractivity contribution >= 4 is 23.4 Å². The van der Waals surface area contributed by atoms with Gasteiger partial charge in [0, 0.05) is 11.4 Å². The molecule has 3 aromatic rings. The number of halogens is 1. The molecule has 1 heterocycles. The summed E-state index contributed by atoms with van der Waals surface area (Å²) in [5, 5.41) is 14.6. The van der Waals surface area contributed by atoms with E-state index in [0.29, 0.717) is 17.1 Å². The molecule has 0 aliphatic heterocycles. The molecule has 0 unspecified atom stereocenters. The van der Waals surface area contributed by atoms with Gasteiger partial charge in [-0.3, -0.25) is 20.4 Å². The molecule has 2 amide bonds. The van der Waals surface area contributed by atoms with Gasteiger partial charge >= 0.3 is 0 Å². The fraction of sp³-hybridized carbons (Fsp3) is 0.105. The van der Waals surface area contributed by atoms with Gasteiger partial charge in [0.15, 0.2) is 11.4 Å². The Bertz CT molecular complexity index is 957. The molecular formula is C19H17ClN4O3. The van der Waals surface area contributed by atoms with Crippen molar-refractivity contribution in [1.29, 1.82) is 0 Å². The third-order valence-corrected chi connectivity index (χ3v) is 4.01. The molecule has 27 heavy (non-hydrogen) atoms. The third kappa shape index (κ3) is 4.86. The Labute approximate surface area is 160 Å². The molecular weight excluding hydrogens is 368 g/mol. The van der Waals surface area contributed by atoms with Crippen LogP contribution in [-0.2, 0) is 11.2 Å². The van der Waals surface area contributed by atoms with Gasteiger partial charge in [0.1, 0.15) is 0 Å². The maximum absolute atomic E-state index is 12.2. The standard InChI is InChI=1S/C19H17ClN4O3/c20-14-6-4-5-13(11-14)9-10-17(26)21-22-19(27)18-16(25)12-24(23-18)15-7-2-1-3-8-15/h1-8,11-12,25H,9-10H2,(H,21,26)(H,22,27). The Morgan fingerprint density at radius 1 is 1.07 bits per heavy atom. The molecule has 3 rings (SSSR count). The van der Waals surface area contributed by atoms with Crippen LogP contribution in [-0.4, -0.2) is 26.7 Å². The second-order valence-electron chi connectivity index (χ2n) is 5.78. The minimum absolute atomic E-state index is 0.172. The molecule has 0 atom stereocenters. The second kappa shape index (κ2) is 8.37. The zero-order valence-corrected chi connectivity index (χ0v) is 15.0. The number of carbonyl (C=O) groups is 2. The van der Waals surface area contributed by atoms with E-state index in [0.717, 1.165) is 5.56 Å². The first-order valence-corrected chi connectivity index (χ1v) is 8.58. The van der Waals surface area contributed by atoms with E-state index in [1.807, 2.05) is 30.3 Å². The van der Waals surface area contributed by atoms with Crippen LogP contribution in [0.3, 0.4) is 0 Å². The fourth-order valence-electron chi connectivity index (χ4n) is 2.44. The molecule has 0 aliphatic rings. The lowest BCUT2D eigenvalue weighted by molar-refractivity contribution is -0.121. The maximum atomic E-state index is 12.2. The van der Waals surface area contributed by atoms with Crippen molar-refractivity contribution < 1.29 is 14.7 Å². The van der Waals surface area contributed by atoms with Gasteiger partial charge in [-0.2, -0.15) is 5.10 Å². The number of amides is 2. The number of aromatic hydroxyl groups is 1. The van der Waals surface area contributed by atoms with Gasteiger partial charge in [0.25, 0.3) is 5.91 Å². The van der Waals surface area contributed by atoms with Crippen molar-refractivity contribution in [2.24, 2.45) is 0 Å². The predicted molar refractivity (Wildman–Crippen MR) is 101 cm³/mol. The Morgan fingerprint density at radius 2 is 1.85 bits per heavy atom. The smallest absolute Gasteiger partial charge is 0.294 e. The van der Waals surface area contributed by atoms with Crippen LogP contribution >= 0.6 is 11.6 Å². The molecule has 138 valence electrons. The summed E-state index contributed by atoms with van der Waals surface area (Å²) in [6.07, 6.45) is 1.98. The van der Waals surface area contributed by atoms with E-state index in [2.05, 4.69) is 16.0 Å². The number of nitrogens with zero attached hydrogens (tertiary/aromatic N) is 2. The van der Waals surface area contributed by atoms with E-state index in [-0.39, 0.29) is 23.8 Å². The SMILES string of the molecule is O=C(CCc1cccc(Cl)c1)NNC(=O)c1nn(-c2ccccc2)cc1O. The Hall–Kier alpha value is -3.32. The van der Waals surface area contributed by atoms with Crippen LogP contribution in [0.4, 0.5) is 0 Å². The van der Waals surface area contributed by atoms with Gasteiger partial charge in [-0.05, 0) is 36.2 Å². The third-order valence-electron chi connectivity index (χ3n) is 3.78. The van der Waals surface area contributed by atoms with Gasteiger partial charge in [0.2, 0.25) is 5.91 Å². The highest BCUT2D eigenvalue weighted by Crippen LogP contribution is 2.17. The van der Waals surface area contributed by atoms with Crippen LogP contribution in [0.25, 0.3) is 5.69 Å². The van der Waals surface area contributed by atoms with Crippen molar-refractivity contribution in [1.82, 2.24) is 20.6 Å². The largest absolute Gasteiger partial charge is 0.504 e.